The maximum atomic E-state index is 12.9. The van der Waals surface area contributed by atoms with Crippen LogP contribution in [0.15, 0.2) is 0 Å². The first-order valence-electron chi connectivity index (χ1n) is 31.1. The number of hydrogen-bond donors (Lipinski definition) is 26. The van der Waals surface area contributed by atoms with Gasteiger partial charge in [-0.2, -0.15) is 0 Å². The van der Waals surface area contributed by atoms with Crippen LogP contribution in [-0.4, -0.2) is 433 Å². The van der Waals surface area contributed by atoms with Gasteiger partial charge < -0.3 is 204 Å². The summed E-state index contributed by atoms with van der Waals surface area (Å²) in [6.07, 6.45) is -71.7. The zero-order valence-electron chi connectivity index (χ0n) is 52.4. The predicted molar refractivity (Wildman–Crippen MR) is 299 cm³/mol. The molecule has 8 fully saturated rings. The Hall–Kier alpha value is -3.11. The van der Waals surface area contributed by atoms with E-state index < -0.39 is 316 Å². The van der Waals surface area contributed by atoms with Crippen LogP contribution in [0.25, 0.3) is 0 Å². The summed E-state index contributed by atoms with van der Waals surface area (Å²) in [6, 6.07) is -5.40. The quantitative estimate of drug-likeness (QED) is 0.0404. The second kappa shape index (κ2) is 35.1. The van der Waals surface area contributed by atoms with Crippen molar-refractivity contribution in [2.45, 2.75) is 266 Å². The average Bonchev–Trinajstić information content (AvgIpc) is 0.772. The number of nitrogens with one attached hydrogen (secondary N) is 3. The van der Waals surface area contributed by atoms with Gasteiger partial charge in [-0.15, -0.1) is 0 Å². The van der Waals surface area contributed by atoms with Crippen LogP contribution in [0.4, 0.5) is 0 Å². The molecule has 8 heterocycles. The summed E-state index contributed by atoms with van der Waals surface area (Å²) in [4.78, 5) is 38.1. The predicted octanol–water partition coefficient (Wildman–Crippen LogP) is -18.0. The van der Waals surface area contributed by atoms with E-state index in [0.29, 0.717) is 0 Å². The third-order valence-electron chi connectivity index (χ3n) is 17.8. The van der Waals surface area contributed by atoms with Crippen LogP contribution in [0.3, 0.4) is 0 Å². The first kappa shape index (κ1) is 80.6. The first-order valence-corrected chi connectivity index (χ1v) is 31.1. The molecule has 8 rings (SSSR count). The Labute approximate surface area is 554 Å². The summed E-state index contributed by atoms with van der Waals surface area (Å²) < 4.78 is 86.1. The summed E-state index contributed by atoms with van der Waals surface area (Å²) >= 11 is 0. The SMILES string of the molecule is CC(=O)N[C@H]1[C@H](O[C@H]2[C@@H](O)[C@@H](CO)O[C@@H](O[C@H]3[C@H](O)[C@@H](NC(C)=O)[C@H](O[C@H]4[C@@H](O)[C@@H](CO)O[C@@H](O[C@H]5[C@H](O)[C@@H](NC(C)=O)[C@H](OC[C@H]6O[C@H](OC[C@H]7O[C@@H](O)[C@@H](O)[C@@H](O)[C@@H]7O)[C@@H](O)[C@@H](O)[C@@H]6O)O[C@@H]5CO)[C@@H]4O)O[C@@H]3CO)[C@@H]2O)O[C@H](CO)[C@@H](O[C@@H]2O[C@H](CO)[C@H](O)[C@H](O)[C@H]2O)[C@@H]1O. The van der Waals surface area contributed by atoms with E-state index in [4.69, 9.17) is 71.1 Å². The highest BCUT2D eigenvalue weighted by molar-refractivity contribution is 5.74. The van der Waals surface area contributed by atoms with E-state index in [9.17, 15) is 132 Å². The van der Waals surface area contributed by atoms with Gasteiger partial charge >= 0.3 is 0 Å². The van der Waals surface area contributed by atoms with E-state index in [2.05, 4.69) is 16.0 Å². The molecule has 3 amide bonds. The van der Waals surface area contributed by atoms with E-state index >= 15 is 0 Å². The van der Waals surface area contributed by atoms with Crippen molar-refractivity contribution >= 4 is 17.7 Å². The second-order valence-electron chi connectivity index (χ2n) is 24.7. The van der Waals surface area contributed by atoms with Crippen molar-refractivity contribution in [1.29, 1.82) is 0 Å². The molecule has 26 N–H and O–H groups in total. The van der Waals surface area contributed by atoms with Crippen LogP contribution >= 0.6 is 0 Å². The summed E-state index contributed by atoms with van der Waals surface area (Å²) in [5, 5.41) is 256. The number of aliphatic hydroxyl groups excluding tert-OH is 23. The van der Waals surface area contributed by atoms with Gasteiger partial charge in [0.05, 0.1) is 52.9 Å². The second-order valence-corrected chi connectivity index (χ2v) is 24.7. The van der Waals surface area contributed by atoms with E-state index in [1.165, 1.54) is 0 Å². The van der Waals surface area contributed by atoms with Crippen molar-refractivity contribution < 1.29 is 203 Å². The lowest BCUT2D eigenvalue weighted by Crippen LogP contribution is -2.71. The van der Waals surface area contributed by atoms with Crippen molar-refractivity contribution in [3.05, 3.63) is 0 Å². The van der Waals surface area contributed by atoms with E-state index in [1.54, 1.807) is 0 Å². The number of rotatable bonds is 25. The molecule has 0 aromatic carbocycles. The van der Waals surface area contributed by atoms with Crippen LogP contribution in [0, 0.1) is 0 Å². The Bertz CT molecular complexity index is 2510. The molecule has 8 saturated heterocycles. The lowest BCUT2D eigenvalue weighted by atomic mass is 9.93. The van der Waals surface area contributed by atoms with Gasteiger partial charge in [-0.25, -0.2) is 0 Å². The van der Waals surface area contributed by atoms with Gasteiger partial charge in [0.2, 0.25) is 17.7 Å². The Balaban J connectivity index is 0.950. The van der Waals surface area contributed by atoms with Crippen molar-refractivity contribution in [2.75, 3.05) is 52.9 Å². The molecule has 0 radical (unpaired) electrons. The molecule has 0 spiro atoms. The maximum Gasteiger partial charge on any atom is 0.217 e. The molecule has 44 nitrogen and oxygen atoms in total. The first-order chi connectivity index (χ1) is 46.3. The van der Waals surface area contributed by atoms with Crippen molar-refractivity contribution in [2.24, 2.45) is 0 Å². The lowest BCUT2D eigenvalue weighted by molar-refractivity contribution is -0.386. The van der Waals surface area contributed by atoms with Gasteiger partial charge in [0, 0.05) is 20.8 Å². The van der Waals surface area contributed by atoms with Crippen LogP contribution in [0.5, 0.6) is 0 Å². The van der Waals surface area contributed by atoms with Crippen molar-refractivity contribution in [3.63, 3.8) is 0 Å². The molecule has 0 aliphatic carbocycles. The van der Waals surface area contributed by atoms with Crippen molar-refractivity contribution in [3.8, 4) is 0 Å². The Kier molecular flexibility index (Phi) is 28.9. The fourth-order valence-corrected chi connectivity index (χ4v) is 12.5. The molecule has 568 valence electrons. The minimum absolute atomic E-state index is 0.744. The number of hydrogen-bond acceptors (Lipinski definition) is 41. The summed E-state index contributed by atoms with van der Waals surface area (Å²) in [7, 11) is 0. The van der Waals surface area contributed by atoms with Gasteiger partial charge in [-0.3, -0.25) is 14.4 Å². The number of amides is 3. The molecule has 0 unspecified atom stereocenters. The smallest absolute Gasteiger partial charge is 0.217 e. The molecule has 8 aliphatic rings. The molecule has 40 atom stereocenters. The molecular formula is C54H91N3O41. The monoisotopic (exact) mass is 1440 g/mol. The normalized spacial score (nSPS) is 49.5. The third-order valence-corrected chi connectivity index (χ3v) is 17.8. The third kappa shape index (κ3) is 17.6. The lowest BCUT2D eigenvalue weighted by Gasteiger charge is -2.51. The van der Waals surface area contributed by atoms with E-state index in [-0.39, 0.29) is 0 Å². The summed E-state index contributed by atoms with van der Waals surface area (Å²) in [5.74, 6) is -2.63. The highest BCUT2D eigenvalue weighted by atomic mass is 16.8. The minimum atomic E-state index is -2.29. The average molecular weight is 1440 g/mol. The van der Waals surface area contributed by atoms with E-state index in [0.717, 1.165) is 20.8 Å². The summed E-state index contributed by atoms with van der Waals surface area (Å²) in [6.45, 7) is -4.88. The van der Waals surface area contributed by atoms with Crippen LogP contribution in [0.2, 0.25) is 0 Å². The molecule has 8 aliphatic heterocycles. The number of carbonyl (C=O) groups excluding carboxylic acids is 3. The Morgan fingerprint density at radius 2 is 0.531 bits per heavy atom. The van der Waals surface area contributed by atoms with Crippen LogP contribution in [0.1, 0.15) is 20.8 Å². The standard InChI is InChI=1S/C54H91N3O41/c1-12(64)55-23-31(72)42(18(7-61)90-48(23)84-11-22-28(69)36(77)38(79)51(93-22)85-10-21-27(68)34(75)37(78)47(83)86-21)95-53-40(81)45(29(70)16(5-59)88-53)98-50-25(57-14(3)66)33(74)44(20(9-63)92-50)96-54-41(82)46(30(71)17(6-60)89-54)97-49-24(56-13(2)65)32(73)43(19(8-62)91-49)94-52-39(80)35(76)26(67)15(4-58)87-52/h15-54,58-63,67-83H,4-11H2,1-3H3,(H,55,64)(H,56,65)(H,57,66)/t15-,16-,17-,18-,19-,20-,21-,22-,23-,24-,25-,26+,27-,28-,29+,30+,31-,32-,33-,34+,35+,36+,37+,38+,39-,40-,41-,42-,43-,44-,45+,46+,47-,48-,49+,50+,51+,52+,53+,54+/m1/s1. The number of aliphatic hydroxyl groups is 23. The van der Waals surface area contributed by atoms with Gasteiger partial charge in [0.1, 0.15) is 195 Å². The zero-order valence-corrected chi connectivity index (χ0v) is 52.4. The van der Waals surface area contributed by atoms with Gasteiger partial charge in [-0.1, -0.05) is 0 Å². The Morgan fingerprint density at radius 3 is 0.898 bits per heavy atom. The summed E-state index contributed by atoms with van der Waals surface area (Å²) in [5.41, 5.74) is 0. The van der Waals surface area contributed by atoms with Gasteiger partial charge in [0.25, 0.3) is 0 Å². The fraction of sp³-hybridized carbons (Fsp3) is 0.944. The zero-order chi connectivity index (χ0) is 72.2. The van der Waals surface area contributed by atoms with Gasteiger partial charge in [-0.05, 0) is 0 Å². The Morgan fingerprint density at radius 1 is 0.265 bits per heavy atom. The number of ether oxygens (including phenoxy) is 15. The molecule has 44 heteroatoms. The van der Waals surface area contributed by atoms with Crippen molar-refractivity contribution in [1.82, 2.24) is 16.0 Å². The van der Waals surface area contributed by atoms with E-state index in [1.807, 2.05) is 0 Å². The largest absolute Gasteiger partial charge is 0.394 e. The fourth-order valence-electron chi connectivity index (χ4n) is 12.5. The highest BCUT2D eigenvalue weighted by Crippen LogP contribution is 2.38. The minimum Gasteiger partial charge on any atom is -0.394 e. The number of carbonyl (C=O) groups is 3. The van der Waals surface area contributed by atoms with Crippen LogP contribution in [-0.2, 0) is 85.4 Å². The molecule has 0 bridgehead atoms. The maximum absolute atomic E-state index is 12.9. The van der Waals surface area contributed by atoms with Crippen LogP contribution < -0.4 is 16.0 Å². The van der Waals surface area contributed by atoms with Gasteiger partial charge in [0.15, 0.2) is 50.3 Å². The highest BCUT2D eigenvalue weighted by Gasteiger charge is 2.59. The molecule has 98 heavy (non-hydrogen) atoms. The molecular weight excluding hydrogens is 1350 g/mol. The molecule has 0 aromatic heterocycles. The topological polar surface area (TPSA) is 691 Å². The molecule has 0 saturated carbocycles. The molecule has 0 aromatic rings.